The van der Waals surface area contributed by atoms with Gasteiger partial charge in [-0.2, -0.15) is 54.0 Å². The number of nitrogens with zero attached hydrogens (tertiary/aromatic N) is 13. The summed E-state index contributed by atoms with van der Waals surface area (Å²) in [5.41, 5.74) is 9.94. The Bertz CT molecular complexity index is 5660. The van der Waals surface area contributed by atoms with Crippen molar-refractivity contribution in [2.45, 2.75) is 121 Å². The third kappa shape index (κ3) is 25.3. The molecule has 10 amide bonds. The van der Waals surface area contributed by atoms with Crippen LogP contribution in [0.2, 0.25) is 0 Å². The Labute approximate surface area is 821 Å². The highest BCUT2D eigenvalue weighted by Gasteiger charge is 2.51. The van der Waals surface area contributed by atoms with Crippen LogP contribution in [0.5, 0.6) is 0 Å². The van der Waals surface area contributed by atoms with E-state index in [-0.39, 0.29) is 120 Å². The molecule has 10 heterocycles. The van der Waals surface area contributed by atoms with Crippen LogP contribution < -0.4 is 31.9 Å². The quantitative estimate of drug-likeness (QED) is 0.0413. The van der Waals surface area contributed by atoms with Crippen LogP contribution in [0, 0.1) is 17.6 Å². The van der Waals surface area contributed by atoms with Crippen molar-refractivity contribution in [1.82, 2.24) is 76.1 Å². The predicted octanol–water partition coefficient (Wildman–Crippen LogP) is 13.5. The van der Waals surface area contributed by atoms with Crippen molar-refractivity contribution >= 4 is 137 Å². The molecule has 2 aromatic heterocycles. The van der Waals surface area contributed by atoms with E-state index in [1.165, 1.54) is 47.7 Å². The maximum Gasteiger partial charge on any atom is 0.411 e. The number of amides is 10. The molecular formula is C99H127F2N19O10S5. The monoisotopic (exact) mass is 1940 g/mol. The van der Waals surface area contributed by atoms with Gasteiger partial charge in [0.15, 0.2) is 0 Å². The number of hydrogen-bond acceptors (Lipinski definition) is 20. The number of ether oxygens (including phenoxy) is 2. The lowest BCUT2D eigenvalue weighted by Gasteiger charge is -2.36. The van der Waals surface area contributed by atoms with Crippen molar-refractivity contribution in [3.05, 3.63) is 276 Å². The van der Waals surface area contributed by atoms with E-state index in [0.717, 1.165) is 80.5 Å². The number of benzene rings is 5. The van der Waals surface area contributed by atoms with Crippen molar-refractivity contribution < 1.29 is 56.6 Å². The Morgan fingerprint density at radius 2 is 0.756 bits per heavy atom. The first-order valence-corrected chi connectivity index (χ1v) is 44.9. The van der Waals surface area contributed by atoms with Gasteiger partial charge in [0.2, 0.25) is 5.91 Å². The fraction of sp³-hybridized carbons (Fsp3) is 0.404. The molecule has 7 aromatic rings. The topological polar surface area (TPSA) is 315 Å². The molecule has 0 spiro atoms. The number of pyridine rings is 1. The second-order valence-corrected chi connectivity index (χ2v) is 37.8. The first-order valence-electron chi connectivity index (χ1n) is 44.0. The standard InChI is InChI=1S/C26H28F2N4O3.C25H29N5O3.C24H29N5O2S.C24H33N5O2.4H2S/c1-26(2)21-13-29-23(30-24(33)17-7-11-19(28)12-8-17)20(21)14-32(26)25(34)35-22(15-31(3)4)16-5-9-18(27)10-6-16;1-25(2)19-14-27-22(28-23(31)20-12-8-9-13-26-20)18(19)15-30(25)24(32)33-21(16-29(3)4)17-10-6-5-7-11-17;1-24(2)18-13-25-21(27-22(30)20-11-8-12-32-20)17(18)14-29(24)23(31)26-19(15-28(3)4)16-9-6-5-7-10-16;1-24(2)19-13-25-21(27-22(30)17-11-8-12-17)18(19)14-29(24)23(31)26-20(15-28(3)4)16-9-6-5-7-10-16;;;;/h5-12,22H,13-15H2,1-4H3,(H,29,30,33);5-13,21H,14-16H2,1-4H3,(H,27,28,31);5-12,19H,13-15H2,1-4H3,(H,26,31)(H,25,27,30);5-7,9-10,17,20H,8,11-15H2,1-4H3,(H,26,31)(H,25,27,30);4*1H2/t;21-;19-;20-;;;;/m.111..../s1. The van der Waals surface area contributed by atoms with Crippen LogP contribution >= 0.6 is 65.3 Å². The molecule has 16 rings (SSSR count). The zero-order valence-corrected chi connectivity index (χ0v) is 84.2. The summed E-state index contributed by atoms with van der Waals surface area (Å²) in [4.78, 5) is 142. The molecule has 5 aromatic carbocycles. The maximum absolute atomic E-state index is 13.4. The van der Waals surface area contributed by atoms with E-state index in [4.69, 9.17) is 9.47 Å². The molecule has 0 saturated heterocycles. The highest BCUT2D eigenvalue weighted by Crippen LogP contribution is 2.44. The van der Waals surface area contributed by atoms with Crippen LogP contribution in [0.25, 0.3) is 0 Å². The van der Waals surface area contributed by atoms with E-state index in [2.05, 4.69) is 80.5 Å². The SMILES string of the molecule is CN(C)CC(OC(=O)N1CC2=C(CN=C2NC(=O)c2ccc(F)cc2)C1(C)C)c1ccc(F)cc1.CN(C)C[C@@H](NC(=O)N1CC2=C(CN=C2NC(=O)C2CCC2)C1(C)C)c1ccccc1.CN(C)C[C@@H](NC(=O)N1CC2=C(CN=C2NC(=O)c2cccs2)C1(C)C)c1ccccc1.CN(C)C[C@@H](OC(=O)N1CC2=C(CN=C2NC(=O)c2ccccn2)C1(C)C)c1ccccc1.S.S.S.S. The van der Waals surface area contributed by atoms with Gasteiger partial charge in [-0.1, -0.05) is 122 Å². The van der Waals surface area contributed by atoms with Crippen LogP contribution in [-0.4, -0.2) is 272 Å². The van der Waals surface area contributed by atoms with E-state index in [1.54, 1.807) is 52.4 Å². The highest BCUT2D eigenvalue weighted by molar-refractivity contribution is 7.59. The lowest BCUT2D eigenvalue weighted by molar-refractivity contribution is -0.125. The Balaban J connectivity index is 0.000000200. The molecule has 36 heteroatoms. The van der Waals surface area contributed by atoms with E-state index in [1.807, 2.05) is 220 Å². The molecule has 0 bridgehead atoms. The molecule has 4 atom stereocenters. The first kappa shape index (κ1) is 107. The summed E-state index contributed by atoms with van der Waals surface area (Å²) in [6, 6.07) is 49.3. The fourth-order valence-corrected chi connectivity index (χ4v) is 18.0. The number of halogens is 2. The lowest BCUT2D eigenvalue weighted by Crippen LogP contribution is -2.52. The van der Waals surface area contributed by atoms with Gasteiger partial charge in [0.1, 0.15) is 52.9 Å². The molecule has 135 heavy (non-hydrogen) atoms. The summed E-state index contributed by atoms with van der Waals surface area (Å²) < 4.78 is 38.5. The average Bonchev–Trinajstić information content (AvgIpc) is 1.61. The summed E-state index contributed by atoms with van der Waals surface area (Å²) in [6.07, 6.45) is 2.73. The van der Waals surface area contributed by atoms with E-state index in [9.17, 15) is 47.1 Å². The van der Waals surface area contributed by atoms with E-state index in [0.29, 0.717) is 117 Å². The molecule has 1 aliphatic carbocycles. The van der Waals surface area contributed by atoms with Crippen molar-refractivity contribution in [3.63, 3.8) is 0 Å². The molecular weight excluding hydrogens is 1810 g/mol. The summed E-state index contributed by atoms with van der Waals surface area (Å²) in [7, 11) is 15.6. The van der Waals surface area contributed by atoms with Gasteiger partial charge in [-0.3, -0.25) is 53.9 Å². The second-order valence-electron chi connectivity index (χ2n) is 36.8. The van der Waals surface area contributed by atoms with Gasteiger partial charge in [0.05, 0.1) is 91.5 Å². The first-order chi connectivity index (χ1) is 62.4. The largest absolute Gasteiger partial charge is 0.440 e. The second kappa shape index (κ2) is 46.5. The lowest BCUT2D eigenvalue weighted by atomic mass is 9.85. The molecule has 9 aliphatic rings. The Hall–Kier alpha value is -11.4. The minimum Gasteiger partial charge on any atom is -0.440 e. The van der Waals surface area contributed by atoms with Crippen LogP contribution in [0.4, 0.5) is 28.0 Å². The maximum atomic E-state index is 13.4. The highest BCUT2D eigenvalue weighted by atomic mass is 32.1. The van der Waals surface area contributed by atoms with Gasteiger partial charge in [-0.15, -0.1) is 11.3 Å². The number of aromatic nitrogens is 1. The molecule has 29 nitrogen and oxygen atoms in total. The van der Waals surface area contributed by atoms with Gasteiger partial charge in [-0.25, -0.2) is 28.0 Å². The zero-order chi connectivity index (χ0) is 94.0. The Morgan fingerprint density at radius 1 is 0.407 bits per heavy atom. The number of aliphatic imine (C=N–C) groups is 4. The molecule has 1 unspecified atom stereocenters. The number of urea groups is 2. The minimum atomic E-state index is -0.677. The van der Waals surface area contributed by atoms with Crippen LogP contribution in [0.15, 0.2) is 246 Å². The summed E-state index contributed by atoms with van der Waals surface area (Å²) in [5.74, 6) is 0.632. The number of thiophene rings is 1. The van der Waals surface area contributed by atoms with Crippen LogP contribution in [0.3, 0.4) is 0 Å². The van der Waals surface area contributed by atoms with Crippen molar-refractivity contribution in [2.24, 2.45) is 25.9 Å². The number of likely N-dealkylation sites (N-methyl/N-ethyl adjacent to an activating group) is 4. The minimum absolute atomic E-state index is 0. The summed E-state index contributed by atoms with van der Waals surface area (Å²) in [5, 5.41) is 20.0. The van der Waals surface area contributed by atoms with Crippen molar-refractivity contribution in [3.8, 4) is 0 Å². The normalized spacial score (nSPS) is 17.9. The number of nitrogens with one attached hydrogen (secondary N) is 6. The third-order valence-electron chi connectivity index (χ3n) is 25.2. The van der Waals surface area contributed by atoms with E-state index < -0.39 is 52.2 Å². The zero-order valence-electron chi connectivity index (χ0n) is 79.4. The molecule has 8 aliphatic heterocycles. The molecule has 1 fully saturated rings. The molecule has 722 valence electrons. The van der Waals surface area contributed by atoms with Gasteiger partial charge in [0, 0.05) is 66.1 Å². The van der Waals surface area contributed by atoms with Crippen LogP contribution in [0.1, 0.15) is 152 Å². The molecule has 0 radical (unpaired) electrons. The van der Waals surface area contributed by atoms with E-state index >= 15 is 0 Å². The number of carbonyl (C=O) groups excluding carboxylic acids is 8. The number of amidine groups is 4. The van der Waals surface area contributed by atoms with Gasteiger partial charge in [-0.05, 0) is 229 Å². The number of hydrogen-bond donors (Lipinski definition) is 6. The van der Waals surface area contributed by atoms with Gasteiger partial charge < -0.3 is 70.8 Å². The summed E-state index contributed by atoms with van der Waals surface area (Å²) in [6.45, 7) is 21.6. The van der Waals surface area contributed by atoms with Gasteiger partial charge in [0.25, 0.3) is 17.7 Å². The van der Waals surface area contributed by atoms with Gasteiger partial charge >= 0.3 is 24.2 Å². The third-order valence-corrected chi connectivity index (χ3v) is 26.1. The Kier molecular flexibility index (Phi) is 36.9. The molecule has 1 saturated carbocycles. The number of carbonyl (C=O) groups is 8. The fourth-order valence-electron chi connectivity index (χ4n) is 17.4. The smallest absolute Gasteiger partial charge is 0.411 e. The number of rotatable bonds is 20. The average molecular weight is 1940 g/mol. The Morgan fingerprint density at radius 3 is 1.12 bits per heavy atom. The molecule has 6 N–H and O–H groups in total. The van der Waals surface area contributed by atoms with Crippen molar-refractivity contribution in [2.75, 3.05) is 135 Å². The van der Waals surface area contributed by atoms with Crippen molar-refractivity contribution in [1.29, 1.82) is 0 Å². The van der Waals surface area contributed by atoms with Crippen LogP contribution in [-0.2, 0) is 14.3 Å². The predicted molar refractivity (Wildman–Crippen MR) is 546 cm³/mol. The summed E-state index contributed by atoms with van der Waals surface area (Å²) >= 11 is 1.39.